The second-order valence-electron chi connectivity index (χ2n) is 5.78. The van der Waals surface area contributed by atoms with E-state index in [-0.39, 0.29) is 12.1 Å². The molecule has 1 aromatic rings. The van der Waals surface area contributed by atoms with Gasteiger partial charge in [0.1, 0.15) is 0 Å². The predicted octanol–water partition coefficient (Wildman–Crippen LogP) is 2.99. The smallest absolute Gasteiger partial charge is 0.317 e. The predicted molar refractivity (Wildman–Crippen MR) is 73.7 cm³/mol. The summed E-state index contributed by atoms with van der Waals surface area (Å²) in [6.07, 6.45) is 0. The van der Waals surface area contributed by atoms with Gasteiger partial charge in [-0.25, -0.2) is 0 Å². The summed E-state index contributed by atoms with van der Waals surface area (Å²) < 4.78 is 0. The summed E-state index contributed by atoms with van der Waals surface area (Å²) >= 11 is 0. The lowest BCUT2D eigenvalue weighted by molar-refractivity contribution is -0.139. The Morgan fingerprint density at radius 2 is 1.89 bits per heavy atom. The third kappa shape index (κ3) is 3.84. The number of carboxylic acid groups (broad SMARTS) is 1. The van der Waals surface area contributed by atoms with E-state index < -0.39 is 5.97 Å². The Bertz CT molecular complexity index is 433. The monoisotopic (exact) mass is 249 g/mol. The number of rotatable bonds is 4. The van der Waals surface area contributed by atoms with Gasteiger partial charge in [-0.2, -0.15) is 0 Å². The zero-order chi connectivity index (χ0) is 13.9. The van der Waals surface area contributed by atoms with E-state index in [1.807, 2.05) is 31.7 Å². The summed E-state index contributed by atoms with van der Waals surface area (Å²) in [5, 5.41) is 9.01. The molecule has 0 saturated carbocycles. The Kier molecular flexibility index (Phi) is 4.52. The molecule has 18 heavy (non-hydrogen) atoms. The number of carbonyl (C=O) groups is 1. The average Bonchev–Trinajstić information content (AvgIpc) is 2.21. The molecule has 0 aliphatic rings. The number of nitrogens with zero attached hydrogens (tertiary/aromatic N) is 1. The number of aliphatic carboxylic acids is 1. The first kappa shape index (κ1) is 14.7. The molecule has 0 aliphatic carbocycles. The lowest BCUT2D eigenvalue weighted by Crippen LogP contribution is -2.43. The molecule has 3 nitrogen and oxygen atoms in total. The molecule has 0 radical (unpaired) electrons. The molecule has 1 aromatic carbocycles. The summed E-state index contributed by atoms with van der Waals surface area (Å²) in [5.74, 6) is -0.782. The molecular formula is C15H23NO2. The van der Waals surface area contributed by atoms with Crippen LogP contribution in [0.4, 0.5) is 0 Å². The van der Waals surface area contributed by atoms with Gasteiger partial charge in [0, 0.05) is 12.1 Å². The lowest BCUT2D eigenvalue weighted by atomic mass is 10.00. The molecule has 0 fully saturated rings. The largest absolute Gasteiger partial charge is 0.480 e. The van der Waals surface area contributed by atoms with Gasteiger partial charge in [-0.3, -0.25) is 9.69 Å². The number of hydrogen-bond donors (Lipinski definition) is 1. The average molecular weight is 249 g/mol. The lowest BCUT2D eigenvalue weighted by Gasteiger charge is -2.34. The Balaban J connectivity index is 2.96. The number of hydrogen-bond acceptors (Lipinski definition) is 2. The topological polar surface area (TPSA) is 40.5 Å². The van der Waals surface area contributed by atoms with Crippen molar-refractivity contribution >= 4 is 5.97 Å². The number of aryl methyl sites for hydroxylation is 1. The molecule has 0 bridgehead atoms. The quantitative estimate of drug-likeness (QED) is 0.891. The zero-order valence-corrected chi connectivity index (χ0v) is 11.9. The fraction of sp³-hybridized carbons (Fsp3) is 0.533. The van der Waals surface area contributed by atoms with Crippen molar-refractivity contribution in [1.29, 1.82) is 0 Å². The number of benzene rings is 1. The highest BCUT2D eigenvalue weighted by Crippen LogP contribution is 2.20. The van der Waals surface area contributed by atoms with E-state index in [1.165, 1.54) is 16.7 Å². The van der Waals surface area contributed by atoms with Crippen molar-refractivity contribution in [2.24, 2.45) is 0 Å². The van der Waals surface area contributed by atoms with Crippen LogP contribution in [0.3, 0.4) is 0 Å². The van der Waals surface area contributed by atoms with Crippen molar-refractivity contribution < 1.29 is 9.90 Å². The van der Waals surface area contributed by atoms with Gasteiger partial charge < -0.3 is 5.11 Å². The van der Waals surface area contributed by atoms with Crippen LogP contribution >= 0.6 is 0 Å². The van der Waals surface area contributed by atoms with Crippen molar-refractivity contribution in [2.75, 3.05) is 6.54 Å². The van der Waals surface area contributed by atoms with Crippen LogP contribution in [0.25, 0.3) is 0 Å². The van der Waals surface area contributed by atoms with Gasteiger partial charge in [0.25, 0.3) is 0 Å². The highest BCUT2D eigenvalue weighted by Gasteiger charge is 2.24. The van der Waals surface area contributed by atoms with E-state index in [0.29, 0.717) is 6.54 Å². The molecule has 100 valence electrons. The van der Waals surface area contributed by atoms with Crippen LogP contribution in [0, 0.1) is 13.8 Å². The molecule has 1 N–H and O–H groups in total. The Hall–Kier alpha value is -1.35. The second-order valence-corrected chi connectivity index (χ2v) is 5.78. The summed E-state index contributed by atoms with van der Waals surface area (Å²) in [5.41, 5.74) is 3.54. The molecule has 1 rings (SSSR count). The summed E-state index contributed by atoms with van der Waals surface area (Å²) in [7, 11) is 0. The minimum atomic E-state index is -0.782. The van der Waals surface area contributed by atoms with Gasteiger partial charge in [0.15, 0.2) is 0 Å². The first-order chi connectivity index (χ1) is 8.21. The van der Waals surface area contributed by atoms with Gasteiger partial charge in [0.2, 0.25) is 0 Å². The molecule has 0 saturated heterocycles. The summed E-state index contributed by atoms with van der Waals surface area (Å²) in [6, 6.07) is 6.18. The highest BCUT2D eigenvalue weighted by atomic mass is 16.4. The maximum atomic E-state index is 11.0. The Morgan fingerprint density at radius 3 is 2.39 bits per heavy atom. The molecule has 0 heterocycles. The molecule has 0 spiro atoms. The first-order valence-electron chi connectivity index (χ1n) is 6.23. The van der Waals surface area contributed by atoms with Gasteiger partial charge in [0.05, 0.1) is 6.54 Å². The molecule has 0 aromatic heterocycles. The van der Waals surface area contributed by atoms with Gasteiger partial charge in [-0.05, 0) is 51.3 Å². The molecule has 3 heteroatoms. The van der Waals surface area contributed by atoms with E-state index in [4.69, 9.17) is 5.11 Å². The van der Waals surface area contributed by atoms with Gasteiger partial charge in [-0.15, -0.1) is 0 Å². The van der Waals surface area contributed by atoms with E-state index in [2.05, 4.69) is 26.0 Å². The number of carboxylic acids is 1. The third-order valence-electron chi connectivity index (χ3n) is 3.35. The molecule has 0 atom stereocenters. The van der Waals surface area contributed by atoms with Crippen LogP contribution in [0.5, 0.6) is 0 Å². The van der Waals surface area contributed by atoms with Crippen molar-refractivity contribution in [3.05, 3.63) is 34.9 Å². The summed E-state index contributed by atoms with van der Waals surface area (Å²) in [6.45, 7) is 11.0. The standard InChI is InChI=1S/C15H23NO2/c1-11-7-6-8-13(12(11)2)9-16(10-14(17)18)15(3,4)5/h6-8H,9-10H2,1-5H3,(H,17,18). The molecule has 0 amide bonds. The third-order valence-corrected chi connectivity index (χ3v) is 3.35. The maximum absolute atomic E-state index is 11.0. The second kappa shape index (κ2) is 5.53. The van der Waals surface area contributed by atoms with Crippen LogP contribution in [0.1, 0.15) is 37.5 Å². The van der Waals surface area contributed by atoms with Crippen LogP contribution in [-0.4, -0.2) is 28.1 Å². The first-order valence-corrected chi connectivity index (χ1v) is 6.23. The Morgan fingerprint density at radius 1 is 1.28 bits per heavy atom. The van der Waals surface area contributed by atoms with Crippen LogP contribution in [0.2, 0.25) is 0 Å². The van der Waals surface area contributed by atoms with Gasteiger partial charge >= 0.3 is 5.97 Å². The maximum Gasteiger partial charge on any atom is 0.317 e. The SMILES string of the molecule is Cc1cccc(CN(CC(=O)O)C(C)(C)C)c1C. The highest BCUT2D eigenvalue weighted by molar-refractivity contribution is 5.69. The van der Waals surface area contributed by atoms with Crippen molar-refractivity contribution in [3.8, 4) is 0 Å². The van der Waals surface area contributed by atoms with Crippen LogP contribution in [0.15, 0.2) is 18.2 Å². The van der Waals surface area contributed by atoms with Crippen LogP contribution in [-0.2, 0) is 11.3 Å². The minimum Gasteiger partial charge on any atom is -0.480 e. The van der Waals surface area contributed by atoms with E-state index >= 15 is 0 Å². The fourth-order valence-corrected chi connectivity index (χ4v) is 1.88. The molecular weight excluding hydrogens is 226 g/mol. The van der Waals surface area contributed by atoms with E-state index in [1.54, 1.807) is 0 Å². The zero-order valence-electron chi connectivity index (χ0n) is 11.9. The normalized spacial score (nSPS) is 11.9. The van der Waals surface area contributed by atoms with Gasteiger partial charge in [-0.1, -0.05) is 18.2 Å². The Labute approximate surface area is 109 Å². The fourth-order valence-electron chi connectivity index (χ4n) is 1.88. The van der Waals surface area contributed by atoms with E-state index in [0.717, 1.165) is 0 Å². The summed E-state index contributed by atoms with van der Waals surface area (Å²) in [4.78, 5) is 12.9. The van der Waals surface area contributed by atoms with Crippen molar-refractivity contribution in [3.63, 3.8) is 0 Å². The van der Waals surface area contributed by atoms with Crippen molar-refractivity contribution in [2.45, 2.75) is 46.7 Å². The minimum absolute atomic E-state index is 0.0664. The van der Waals surface area contributed by atoms with E-state index in [9.17, 15) is 4.79 Å². The van der Waals surface area contributed by atoms with Crippen LogP contribution < -0.4 is 0 Å². The van der Waals surface area contributed by atoms with Crippen molar-refractivity contribution in [1.82, 2.24) is 4.90 Å². The molecule has 0 unspecified atom stereocenters. The molecule has 0 aliphatic heterocycles.